The summed E-state index contributed by atoms with van der Waals surface area (Å²) in [5.41, 5.74) is 2.64. The Hall–Kier alpha value is -1.52. The first-order chi connectivity index (χ1) is 14.7. The van der Waals surface area contributed by atoms with E-state index >= 15 is 0 Å². The highest BCUT2D eigenvalue weighted by atomic mass is 16.5. The van der Waals surface area contributed by atoms with Crippen LogP contribution in [0.2, 0.25) is 0 Å². The monoisotopic (exact) mass is 406 g/mol. The first kappa shape index (κ1) is 23.1. The van der Waals surface area contributed by atoms with Crippen molar-refractivity contribution in [3.05, 3.63) is 48.0 Å². The predicted octanol–water partition coefficient (Wildman–Crippen LogP) is 7.58. The van der Waals surface area contributed by atoms with Gasteiger partial charge in [-0.05, 0) is 100 Å². The fourth-order valence-corrected chi connectivity index (χ4v) is 5.52. The number of allylic oxidation sites excluding steroid dienone is 1. The molecule has 0 amide bonds. The summed E-state index contributed by atoms with van der Waals surface area (Å²) in [5.74, 6) is 10.0. The van der Waals surface area contributed by atoms with Crippen molar-refractivity contribution in [1.29, 1.82) is 0 Å². The lowest BCUT2D eigenvalue weighted by Crippen LogP contribution is -2.20. The van der Waals surface area contributed by atoms with Gasteiger partial charge in [-0.3, -0.25) is 0 Å². The van der Waals surface area contributed by atoms with Gasteiger partial charge in [0.25, 0.3) is 0 Å². The van der Waals surface area contributed by atoms with Crippen LogP contribution in [0.1, 0.15) is 89.2 Å². The van der Waals surface area contributed by atoms with Crippen molar-refractivity contribution in [3.8, 4) is 11.8 Å². The molecule has 1 atom stereocenters. The lowest BCUT2D eigenvalue weighted by molar-refractivity contribution is 0.0310. The molecule has 0 bridgehead atoms. The van der Waals surface area contributed by atoms with Gasteiger partial charge in [-0.2, -0.15) is 0 Å². The summed E-state index contributed by atoms with van der Waals surface area (Å²) in [6.45, 7) is 9.27. The Labute approximate surface area is 185 Å². The Morgan fingerprint density at radius 2 is 1.70 bits per heavy atom. The number of ether oxygens (including phenoxy) is 1. The molecule has 1 unspecified atom stereocenters. The Morgan fingerprint density at radius 3 is 2.30 bits per heavy atom. The van der Waals surface area contributed by atoms with Crippen LogP contribution in [0.3, 0.4) is 0 Å². The maximum Gasteiger partial charge on any atom is 0.0575 e. The summed E-state index contributed by atoms with van der Waals surface area (Å²) in [7, 11) is 0. The fraction of sp³-hybridized carbons (Fsp3) is 0.655. The molecule has 1 nitrogen and oxygen atoms in total. The molecule has 0 radical (unpaired) electrons. The van der Waals surface area contributed by atoms with Crippen LogP contribution in [0.15, 0.2) is 36.9 Å². The van der Waals surface area contributed by atoms with Gasteiger partial charge in [0.2, 0.25) is 0 Å². The van der Waals surface area contributed by atoms with Gasteiger partial charge in [0.05, 0.1) is 6.10 Å². The molecule has 0 saturated heterocycles. The number of aryl methyl sites for hydroxylation is 1. The minimum absolute atomic E-state index is 0.470. The molecule has 2 fully saturated rings. The van der Waals surface area contributed by atoms with E-state index in [9.17, 15) is 0 Å². The van der Waals surface area contributed by atoms with E-state index in [1.54, 1.807) is 0 Å². The van der Waals surface area contributed by atoms with Crippen molar-refractivity contribution < 1.29 is 4.74 Å². The maximum atomic E-state index is 5.75. The van der Waals surface area contributed by atoms with Crippen molar-refractivity contribution in [2.75, 3.05) is 6.61 Å². The van der Waals surface area contributed by atoms with Crippen molar-refractivity contribution in [2.24, 2.45) is 23.7 Å². The average Bonchev–Trinajstić information content (AvgIpc) is 2.80. The van der Waals surface area contributed by atoms with Crippen LogP contribution in [-0.2, 0) is 11.2 Å². The highest BCUT2D eigenvalue weighted by Crippen LogP contribution is 2.37. The summed E-state index contributed by atoms with van der Waals surface area (Å²) in [5, 5.41) is 0. The zero-order valence-electron chi connectivity index (χ0n) is 19.4. The zero-order valence-corrected chi connectivity index (χ0v) is 19.4. The largest absolute Gasteiger partial charge is 0.379 e. The molecule has 164 valence electrons. The van der Waals surface area contributed by atoms with Crippen LogP contribution in [0.25, 0.3) is 0 Å². The Morgan fingerprint density at radius 1 is 1.00 bits per heavy atom. The smallest absolute Gasteiger partial charge is 0.0575 e. The van der Waals surface area contributed by atoms with Crippen LogP contribution in [-0.4, -0.2) is 12.7 Å². The third-order valence-corrected chi connectivity index (χ3v) is 7.56. The number of rotatable bonds is 8. The van der Waals surface area contributed by atoms with Gasteiger partial charge in [-0.15, -0.1) is 6.58 Å². The topological polar surface area (TPSA) is 9.23 Å². The Balaban J connectivity index is 1.39. The van der Waals surface area contributed by atoms with E-state index in [1.807, 2.05) is 0 Å². The van der Waals surface area contributed by atoms with E-state index in [0.29, 0.717) is 12.0 Å². The molecule has 1 aromatic rings. The molecule has 0 aromatic heterocycles. The molecule has 2 aliphatic rings. The highest BCUT2D eigenvalue weighted by Gasteiger charge is 2.25. The zero-order chi connectivity index (χ0) is 21.2. The second-order valence-corrected chi connectivity index (χ2v) is 9.52. The summed E-state index contributed by atoms with van der Waals surface area (Å²) in [6.07, 6.45) is 16.8. The van der Waals surface area contributed by atoms with E-state index in [1.165, 1.54) is 81.8 Å². The molecule has 30 heavy (non-hydrogen) atoms. The summed E-state index contributed by atoms with van der Waals surface area (Å²) in [4.78, 5) is 0. The lowest BCUT2D eigenvalue weighted by atomic mass is 9.73. The van der Waals surface area contributed by atoms with Crippen LogP contribution < -0.4 is 0 Å². The SMILES string of the molecule is C=CC(CC)C1CCC(CCc2ccc(C#CC3CCC(OCC)CC3)cc2)CC1. The molecule has 1 aromatic carbocycles. The highest BCUT2D eigenvalue weighted by molar-refractivity contribution is 5.36. The molecule has 1 heteroatoms. The van der Waals surface area contributed by atoms with Gasteiger partial charge < -0.3 is 4.74 Å². The molecule has 0 N–H and O–H groups in total. The fourth-order valence-electron chi connectivity index (χ4n) is 5.52. The van der Waals surface area contributed by atoms with Crippen LogP contribution in [0.5, 0.6) is 0 Å². The number of hydrogen-bond acceptors (Lipinski definition) is 1. The van der Waals surface area contributed by atoms with Crippen molar-refractivity contribution in [1.82, 2.24) is 0 Å². The van der Waals surface area contributed by atoms with Gasteiger partial charge in [-0.25, -0.2) is 0 Å². The number of benzene rings is 1. The first-order valence-corrected chi connectivity index (χ1v) is 12.6. The van der Waals surface area contributed by atoms with Crippen molar-refractivity contribution >= 4 is 0 Å². The van der Waals surface area contributed by atoms with E-state index in [2.05, 4.69) is 62.6 Å². The average molecular weight is 407 g/mol. The predicted molar refractivity (Wildman–Crippen MR) is 128 cm³/mol. The third kappa shape index (κ3) is 7.02. The molecule has 2 aliphatic carbocycles. The molecular formula is C29H42O. The quantitative estimate of drug-likeness (QED) is 0.319. The standard InChI is InChI=1S/C29H42O/c1-4-27(5-2)28-19-15-25(16-20-28)13-11-23-7-9-24(10-8-23)12-14-26-17-21-29(22-18-26)30-6-3/h4,7-10,25-29H,1,5-6,11,13,15-22H2,2-3H3. The first-order valence-electron chi connectivity index (χ1n) is 12.6. The molecule has 0 spiro atoms. The van der Waals surface area contributed by atoms with Crippen LogP contribution in [0.4, 0.5) is 0 Å². The van der Waals surface area contributed by atoms with Gasteiger partial charge in [-0.1, -0.05) is 49.8 Å². The van der Waals surface area contributed by atoms with Gasteiger partial charge in [0, 0.05) is 18.1 Å². The maximum absolute atomic E-state index is 5.75. The number of hydrogen-bond donors (Lipinski definition) is 0. The van der Waals surface area contributed by atoms with Crippen LogP contribution >= 0.6 is 0 Å². The van der Waals surface area contributed by atoms with Crippen molar-refractivity contribution in [3.63, 3.8) is 0 Å². The van der Waals surface area contributed by atoms with Crippen LogP contribution in [0, 0.1) is 35.5 Å². The Kier molecular flexibility index (Phi) is 9.54. The molecule has 3 rings (SSSR count). The summed E-state index contributed by atoms with van der Waals surface area (Å²) in [6, 6.07) is 9.04. The lowest BCUT2D eigenvalue weighted by Gasteiger charge is -2.32. The van der Waals surface area contributed by atoms with Gasteiger partial charge in [0.1, 0.15) is 0 Å². The second-order valence-electron chi connectivity index (χ2n) is 9.52. The van der Waals surface area contributed by atoms with E-state index in [4.69, 9.17) is 4.74 Å². The van der Waals surface area contributed by atoms with Gasteiger partial charge in [0.15, 0.2) is 0 Å². The van der Waals surface area contributed by atoms with Crippen molar-refractivity contribution in [2.45, 2.75) is 90.6 Å². The third-order valence-electron chi connectivity index (χ3n) is 7.56. The summed E-state index contributed by atoms with van der Waals surface area (Å²) >= 11 is 0. The Bertz CT molecular complexity index is 675. The van der Waals surface area contributed by atoms with Gasteiger partial charge >= 0.3 is 0 Å². The summed E-state index contributed by atoms with van der Waals surface area (Å²) < 4.78 is 5.75. The molecular weight excluding hydrogens is 364 g/mol. The molecule has 0 aliphatic heterocycles. The molecule has 0 heterocycles. The van der Waals surface area contributed by atoms with E-state index in [-0.39, 0.29) is 0 Å². The normalized spacial score (nSPS) is 27.7. The molecule has 2 saturated carbocycles. The minimum Gasteiger partial charge on any atom is -0.379 e. The van der Waals surface area contributed by atoms with E-state index in [0.717, 1.165) is 24.4 Å². The second kappa shape index (κ2) is 12.4. The minimum atomic E-state index is 0.470. The van der Waals surface area contributed by atoms with E-state index < -0.39 is 0 Å².